The van der Waals surface area contributed by atoms with Gasteiger partial charge in [-0.2, -0.15) is 0 Å². The second kappa shape index (κ2) is 6.98. The number of aromatic carboxylic acids is 1. The lowest BCUT2D eigenvalue weighted by Crippen LogP contribution is -2.24. The van der Waals surface area contributed by atoms with Crippen molar-refractivity contribution in [3.8, 4) is 0 Å². The number of rotatable bonds is 6. The Labute approximate surface area is 112 Å². The Hall–Kier alpha value is -1.76. The van der Waals surface area contributed by atoms with E-state index in [1.165, 1.54) is 6.07 Å². The highest BCUT2D eigenvalue weighted by atomic mass is 32.2. The summed E-state index contributed by atoms with van der Waals surface area (Å²) >= 11 is 0. The first-order valence-electron chi connectivity index (χ1n) is 5.63. The van der Waals surface area contributed by atoms with E-state index < -0.39 is 28.1 Å². The number of benzene rings is 1. The number of carbonyl (C=O) groups excluding carboxylic acids is 1. The molecule has 0 saturated carbocycles. The van der Waals surface area contributed by atoms with E-state index >= 15 is 0 Å². The Morgan fingerprint density at radius 2 is 2.11 bits per heavy atom. The van der Waals surface area contributed by atoms with Gasteiger partial charge in [0, 0.05) is 23.6 Å². The third-order valence-electron chi connectivity index (χ3n) is 2.32. The van der Waals surface area contributed by atoms with E-state index in [0.717, 1.165) is 12.1 Å². The maximum atomic E-state index is 13.2. The van der Waals surface area contributed by atoms with Crippen molar-refractivity contribution in [2.45, 2.75) is 18.2 Å². The van der Waals surface area contributed by atoms with Gasteiger partial charge < -0.3 is 10.4 Å². The van der Waals surface area contributed by atoms with Crippen LogP contribution in [0.3, 0.4) is 0 Å². The molecule has 0 fully saturated rings. The van der Waals surface area contributed by atoms with E-state index in [2.05, 4.69) is 5.32 Å². The molecule has 5 nitrogen and oxygen atoms in total. The van der Waals surface area contributed by atoms with Gasteiger partial charge in [0.25, 0.3) is 0 Å². The van der Waals surface area contributed by atoms with Crippen LogP contribution in [0.4, 0.5) is 4.39 Å². The normalized spacial score (nSPS) is 11.9. The molecule has 0 saturated heterocycles. The van der Waals surface area contributed by atoms with Crippen LogP contribution in [0, 0.1) is 5.82 Å². The van der Waals surface area contributed by atoms with Crippen molar-refractivity contribution in [3.63, 3.8) is 0 Å². The summed E-state index contributed by atoms with van der Waals surface area (Å²) < 4.78 is 25.0. The Morgan fingerprint density at radius 1 is 1.42 bits per heavy atom. The predicted octanol–water partition coefficient (Wildman–Crippen LogP) is 1.16. The molecule has 19 heavy (non-hydrogen) atoms. The average molecular weight is 287 g/mol. The second-order valence-electron chi connectivity index (χ2n) is 3.70. The molecule has 1 rings (SSSR count). The first-order valence-corrected chi connectivity index (χ1v) is 6.95. The van der Waals surface area contributed by atoms with Crippen LogP contribution in [0.2, 0.25) is 0 Å². The number of hydrogen-bond donors (Lipinski definition) is 2. The minimum absolute atomic E-state index is 0.0660. The molecule has 0 heterocycles. The summed E-state index contributed by atoms with van der Waals surface area (Å²) in [4.78, 5) is 22.2. The van der Waals surface area contributed by atoms with Gasteiger partial charge in [-0.05, 0) is 25.1 Å². The molecule has 1 unspecified atom stereocenters. The molecule has 1 aromatic carbocycles. The maximum Gasteiger partial charge on any atom is 0.338 e. The Morgan fingerprint density at radius 3 is 2.68 bits per heavy atom. The summed E-state index contributed by atoms with van der Waals surface area (Å²) in [6, 6.07) is 3.25. The lowest BCUT2D eigenvalue weighted by atomic mass is 10.2. The third kappa shape index (κ3) is 4.44. The van der Waals surface area contributed by atoms with Crippen LogP contribution >= 0.6 is 0 Å². The van der Waals surface area contributed by atoms with Crippen LogP contribution in [-0.2, 0) is 15.6 Å². The number of carbonyl (C=O) groups is 2. The second-order valence-corrected chi connectivity index (χ2v) is 5.27. The van der Waals surface area contributed by atoms with Gasteiger partial charge in [-0.25, -0.2) is 9.18 Å². The summed E-state index contributed by atoms with van der Waals surface area (Å²) in [5, 5.41) is 11.3. The van der Waals surface area contributed by atoms with Crippen molar-refractivity contribution in [2.24, 2.45) is 0 Å². The Bertz CT molecular complexity index is 518. The number of carboxylic acids is 1. The van der Waals surface area contributed by atoms with Crippen molar-refractivity contribution in [1.82, 2.24) is 5.32 Å². The molecule has 104 valence electrons. The number of halogens is 1. The molecule has 0 aromatic heterocycles. The number of carboxylic acid groups (broad SMARTS) is 1. The number of hydrogen-bond acceptors (Lipinski definition) is 3. The fraction of sp³-hybridized carbons (Fsp3) is 0.333. The molecule has 0 bridgehead atoms. The molecule has 1 amide bonds. The van der Waals surface area contributed by atoms with Crippen molar-refractivity contribution >= 4 is 22.7 Å². The van der Waals surface area contributed by atoms with Crippen LogP contribution in [0.25, 0.3) is 0 Å². The minimum Gasteiger partial charge on any atom is -0.478 e. The molecular weight excluding hydrogens is 273 g/mol. The van der Waals surface area contributed by atoms with Crippen molar-refractivity contribution in [2.75, 3.05) is 12.3 Å². The Kier molecular flexibility index (Phi) is 5.62. The summed E-state index contributed by atoms with van der Waals surface area (Å²) in [6.07, 6.45) is 0.0697. The quantitative estimate of drug-likeness (QED) is 0.822. The predicted molar refractivity (Wildman–Crippen MR) is 67.9 cm³/mol. The zero-order valence-corrected chi connectivity index (χ0v) is 11.1. The van der Waals surface area contributed by atoms with Crippen LogP contribution in [-0.4, -0.2) is 33.5 Å². The van der Waals surface area contributed by atoms with E-state index in [1.807, 2.05) is 0 Å². The van der Waals surface area contributed by atoms with Gasteiger partial charge in [0.15, 0.2) is 0 Å². The molecule has 2 N–H and O–H groups in total. The van der Waals surface area contributed by atoms with Crippen LogP contribution < -0.4 is 5.32 Å². The zero-order chi connectivity index (χ0) is 14.4. The van der Waals surface area contributed by atoms with E-state index in [9.17, 15) is 18.2 Å². The number of nitrogens with one attached hydrogen (secondary N) is 1. The molecule has 0 aliphatic rings. The lowest BCUT2D eigenvalue weighted by Gasteiger charge is -2.05. The molecule has 7 heteroatoms. The van der Waals surface area contributed by atoms with Crippen LogP contribution in [0.5, 0.6) is 0 Å². The van der Waals surface area contributed by atoms with E-state index in [4.69, 9.17) is 5.11 Å². The first-order chi connectivity index (χ1) is 8.95. The molecule has 0 aliphatic carbocycles. The Balaban J connectivity index is 2.75. The average Bonchev–Trinajstić information content (AvgIpc) is 2.36. The molecule has 1 aromatic rings. The van der Waals surface area contributed by atoms with Gasteiger partial charge in [-0.1, -0.05) is 0 Å². The maximum absolute atomic E-state index is 13.2. The first kappa shape index (κ1) is 15.3. The fourth-order valence-corrected chi connectivity index (χ4v) is 2.47. The van der Waals surface area contributed by atoms with Crippen LogP contribution in [0.1, 0.15) is 23.7 Å². The van der Waals surface area contributed by atoms with Crippen molar-refractivity contribution in [3.05, 3.63) is 29.6 Å². The largest absolute Gasteiger partial charge is 0.478 e. The molecular formula is C12H14FNO4S. The highest BCUT2D eigenvalue weighted by Crippen LogP contribution is 2.14. The minimum atomic E-state index is -1.53. The van der Waals surface area contributed by atoms with E-state index in [1.54, 1.807) is 6.92 Å². The van der Waals surface area contributed by atoms with Gasteiger partial charge in [0.2, 0.25) is 5.91 Å². The van der Waals surface area contributed by atoms with Crippen molar-refractivity contribution < 1.29 is 23.3 Å². The van der Waals surface area contributed by atoms with Crippen LogP contribution in [0.15, 0.2) is 23.1 Å². The molecule has 0 radical (unpaired) electrons. The smallest absolute Gasteiger partial charge is 0.338 e. The van der Waals surface area contributed by atoms with Gasteiger partial charge >= 0.3 is 5.97 Å². The molecule has 0 spiro atoms. The third-order valence-corrected chi connectivity index (χ3v) is 3.67. The lowest BCUT2D eigenvalue weighted by molar-refractivity contribution is -0.120. The van der Waals surface area contributed by atoms with E-state index in [-0.39, 0.29) is 23.0 Å². The van der Waals surface area contributed by atoms with Gasteiger partial charge in [0.1, 0.15) is 5.82 Å². The standard InChI is InChI=1S/C12H14FNO4S/c1-2-14-11(15)5-6-19(18)8-3-4-10(13)9(7-8)12(16)17/h3-4,7H,2,5-6H2,1H3,(H,14,15)(H,16,17). The summed E-state index contributed by atoms with van der Waals surface area (Å²) in [7, 11) is -1.53. The fourth-order valence-electron chi connectivity index (χ4n) is 1.40. The SMILES string of the molecule is CCNC(=O)CCS(=O)c1ccc(F)c(C(=O)O)c1. The summed E-state index contributed by atoms with van der Waals surface area (Å²) in [6.45, 7) is 2.26. The van der Waals surface area contributed by atoms with Gasteiger partial charge in [-0.3, -0.25) is 9.00 Å². The van der Waals surface area contributed by atoms with Gasteiger partial charge in [-0.15, -0.1) is 0 Å². The molecule has 1 atom stereocenters. The molecule has 0 aliphatic heterocycles. The topological polar surface area (TPSA) is 83.5 Å². The van der Waals surface area contributed by atoms with Gasteiger partial charge in [0.05, 0.1) is 16.4 Å². The number of amides is 1. The summed E-state index contributed by atoms with van der Waals surface area (Å²) in [5.74, 6) is -2.45. The zero-order valence-electron chi connectivity index (χ0n) is 10.3. The monoisotopic (exact) mass is 287 g/mol. The summed E-state index contributed by atoms with van der Waals surface area (Å²) in [5.41, 5.74) is -0.524. The van der Waals surface area contributed by atoms with Crippen molar-refractivity contribution in [1.29, 1.82) is 0 Å². The highest BCUT2D eigenvalue weighted by Gasteiger charge is 2.14. The van der Waals surface area contributed by atoms with E-state index in [0.29, 0.717) is 6.54 Å². The highest BCUT2D eigenvalue weighted by molar-refractivity contribution is 7.85.